The summed E-state index contributed by atoms with van der Waals surface area (Å²) < 4.78 is 0. The minimum atomic E-state index is -0.843. The maximum absolute atomic E-state index is 12.2. The summed E-state index contributed by atoms with van der Waals surface area (Å²) in [6.45, 7) is 4.31. The van der Waals surface area contributed by atoms with E-state index in [1.165, 1.54) is 0 Å². The molecule has 1 amide bonds. The average Bonchev–Trinajstić information content (AvgIpc) is 2.57. The molecule has 1 aliphatic heterocycles. The van der Waals surface area contributed by atoms with E-state index < -0.39 is 11.6 Å². The molecular formula is C21H33NO4. The van der Waals surface area contributed by atoms with Gasteiger partial charge in [0, 0.05) is 19.3 Å². The first kappa shape index (κ1) is 22.2. The molecule has 146 valence electrons. The number of carbonyl (C=O) groups excluding carboxylic acids is 1. The number of carbonyl (C=O) groups is 2. The van der Waals surface area contributed by atoms with Crippen molar-refractivity contribution in [1.29, 1.82) is 0 Å². The smallest absolute Gasteiger partial charge is 0.303 e. The van der Waals surface area contributed by atoms with Crippen LogP contribution in [0.1, 0.15) is 78.1 Å². The first-order chi connectivity index (χ1) is 12.4. The van der Waals surface area contributed by atoms with E-state index in [1.807, 2.05) is 19.1 Å². The van der Waals surface area contributed by atoms with Crippen LogP contribution in [0.5, 0.6) is 0 Å². The largest absolute Gasteiger partial charge is 0.481 e. The van der Waals surface area contributed by atoms with Gasteiger partial charge < -0.3 is 15.1 Å². The van der Waals surface area contributed by atoms with E-state index in [-0.39, 0.29) is 18.4 Å². The number of carboxylic acid groups (broad SMARTS) is 1. The van der Waals surface area contributed by atoms with E-state index >= 15 is 0 Å². The van der Waals surface area contributed by atoms with Gasteiger partial charge in [0.05, 0.1) is 18.2 Å². The minimum absolute atomic E-state index is 0.0257. The SMILES string of the molecule is CCCCCC(C)(O)/C=C/[C@H]1CCCC(=O)N1CC#CCCCC(=O)O. The highest BCUT2D eigenvalue weighted by Gasteiger charge is 2.26. The van der Waals surface area contributed by atoms with Crippen molar-refractivity contribution >= 4 is 11.9 Å². The highest BCUT2D eigenvalue weighted by molar-refractivity contribution is 5.78. The number of aliphatic hydroxyl groups is 1. The van der Waals surface area contributed by atoms with E-state index in [4.69, 9.17) is 5.11 Å². The Kier molecular flexibility index (Phi) is 10.0. The number of unbranched alkanes of at least 4 members (excludes halogenated alkanes) is 3. The van der Waals surface area contributed by atoms with Crippen molar-refractivity contribution in [1.82, 2.24) is 4.90 Å². The molecule has 2 atom stereocenters. The van der Waals surface area contributed by atoms with Gasteiger partial charge >= 0.3 is 5.97 Å². The van der Waals surface area contributed by atoms with Crippen LogP contribution in [0.4, 0.5) is 0 Å². The highest BCUT2D eigenvalue weighted by atomic mass is 16.4. The molecule has 0 radical (unpaired) electrons. The molecule has 0 saturated carbocycles. The number of piperidine rings is 1. The van der Waals surface area contributed by atoms with Crippen LogP contribution in [-0.2, 0) is 9.59 Å². The molecule has 1 saturated heterocycles. The second kappa shape index (κ2) is 11.7. The fourth-order valence-electron chi connectivity index (χ4n) is 3.04. The van der Waals surface area contributed by atoms with Crippen molar-refractivity contribution in [3.05, 3.63) is 12.2 Å². The molecule has 0 aromatic carbocycles. The number of carboxylic acids is 1. The van der Waals surface area contributed by atoms with Crippen LogP contribution < -0.4 is 0 Å². The summed E-state index contributed by atoms with van der Waals surface area (Å²) in [4.78, 5) is 24.5. The molecule has 5 nitrogen and oxygen atoms in total. The molecule has 1 aliphatic rings. The third-order valence-electron chi connectivity index (χ3n) is 4.64. The third kappa shape index (κ3) is 9.05. The van der Waals surface area contributed by atoms with Crippen LogP contribution in [0.2, 0.25) is 0 Å². The predicted molar refractivity (Wildman–Crippen MR) is 103 cm³/mol. The number of rotatable bonds is 10. The molecule has 5 heteroatoms. The Morgan fingerprint density at radius 1 is 1.35 bits per heavy atom. The van der Waals surface area contributed by atoms with Crippen LogP contribution in [-0.4, -0.2) is 45.2 Å². The summed E-state index contributed by atoms with van der Waals surface area (Å²) >= 11 is 0. The highest BCUT2D eigenvalue weighted by Crippen LogP contribution is 2.22. The molecule has 1 unspecified atom stereocenters. The zero-order valence-electron chi connectivity index (χ0n) is 16.2. The Labute approximate surface area is 157 Å². The number of amides is 1. The van der Waals surface area contributed by atoms with Gasteiger partial charge in [-0.3, -0.25) is 9.59 Å². The molecule has 0 aromatic heterocycles. The van der Waals surface area contributed by atoms with E-state index in [0.717, 1.165) is 38.5 Å². The van der Waals surface area contributed by atoms with Crippen LogP contribution in [0.3, 0.4) is 0 Å². The molecule has 2 N–H and O–H groups in total. The summed E-state index contributed by atoms with van der Waals surface area (Å²) in [5.74, 6) is 5.23. The summed E-state index contributed by atoms with van der Waals surface area (Å²) in [6, 6.07) is -0.0257. The van der Waals surface area contributed by atoms with Gasteiger partial charge in [-0.15, -0.1) is 5.92 Å². The van der Waals surface area contributed by atoms with Crippen molar-refractivity contribution in [3.63, 3.8) is 0 Å². The van der Waals surface area contributed by atoms with Crippen molar-refractivity contribution in [2.24, 2.45) is 0 Å². The summed E-state index contributed by atoms with van der Waals surface area (Å²) in [7, 11) is 0. The first-order valence-corrected chi connectivity index (χ1v) is 9.74. The number of hydrogen-bond acceptors (Lipinski definition) is 3. The van der Waals surface area contributed by atoms with Crippen LogP contribution in [0, 0.1) is 11.8 Å². The maximum atomic E-state index is 12.2. The lowest BCUT2D eigenvalue weighted by Crippen LogP contribution is -2.43. The Bertz CT molecular complexity index is 542. The summed E-state index contributed by atoms with van der Waals surface area (Å²) in [6.07, 6.45) is 11.2. The zero-order valence-corrected chi connectivity index (χ0v) is 16.2. The number of aliphatic carboxylic acids is 1. The maximum Gasteiger partial charge on any atom is 0.303 e. The van der Waals surface area contributed by atoms with Crippen molar-refractivity contribution in [3.8, 4) is 11.8 Å². The number of hydrogen-bond donors (Lipinski definition) is 2. The normalized spacial score (nSPS) is 19.9. The molecule has 0 aliphatic carbocycles. The van der Waals surface area contributed by atoms with E-state index in [2.05, 4.69) is 18.8 Å². The second-order valence-electron chi connectivity index (χ2n) is 7.26. The average molecular weight is 363 g/mol. The Balaban J connectivity index is 2.58. The molecular weight excluding hydrogens is 330 g/mol. The molecule has 1 rings (SSSR count). The summed E-state index contributed by atoms with van der Waals surface area (Å²) in [5, 5.41) is 19.1. The predicted octanol–water partition coefficient (Wildman–Crippen LogP) is 3.51. The van der Waals surface area contributed by atoms with Gasteiger partial charge in [0.1, 0.15) is 0 Å². The summed E-state index contributed by atoms with van der Waals surface area (Å²) in [5.41, 5.74) is -0.843. The van der Waals surface area contributed by atoms with Gasteiger partial charge in [0.15, 0.2) is 0 Å². The van der Waals surface area contributed by atoms with Gasteiger partial charge in [-0.05, 0) is 32.6 Å². The van der Waals surface area contributed by atoms with E-state index in [0.29, 0.717) is 25.8 Å². The van der Waals surface area contributed by atoms with Crippen LogP contribution in [0.25, 0.3) is 0 Å². The van der Waals surface area contributed by atoms with Crippen LogP contribution >= 0.6 is 0 Å². The quantitative estimate of drug-likeness (QED) is 0.354. The Morgan fingerprint density at radius 3 is 2.81 bits per heavy atom. The first-order valence-electron chi connectivity index (χ1n) is 9.74. The monoisotopic (exact) mass is 363 g/mol. The molecule has 1 heterocycles. The van der Waals surface area contributed by atoms with Crippen molar-refractivity contribution in [2.45, 2.75) is 89.7 Å². The Morgan fingerprint density at radius 2 is 2.12 bits per heavy atom. The Hall–Kier alpha value is -1.80. The minimum Gasteiger partial charge on any atom is -0.481 e. The van der Waals surface area contributed by atoms with Gasteiger partial charge in [-0.1, -0.05) is 44.3 Å². The molecule has 0 bridgehead atoms. The van der Waals surface area contributed by atoms with Crippen LogP contribution in [0.15, 0.2) is 12.2 Å². The van der Waals surface area contributed by atoms with E-state index in [9.17, 15) is 14.7 Å². The second-order valence-corrected chi connectivity index (χ2v) is 7.26. The molecule has 26 heavy (non-hydrogen) atoms. The zero-order chi connectivity index (χ0) is 19.4. The fraction of sp³-hybridized carbons (Fsp3) is 0.714. The van der Waals surface area contributed by atoms with Gasteiger partial charge in [-0.2, -0.15) is 0 Å². The lowest BCUT2D eigenvalue weighted by Gasteiger charge is -2.33. The third-order valence-corrected chi connectivity index (χ3v) is 4.64. The van der Waals surface area contributed by atoms with Crippen molar-refractivity contribution < 1.29 is 19.8 Å². The molecule has 0 aromatic rings. The lowest BCUT2D eigenvalue weighted by atomic mass is 9.94. The van der Waals surface area contributed by atoms with Gasteiger partial charge in [0.25, 0.3) is 0 Å². The molecule has 1 fully saturated rings. The standard InChI is InChI=1S/C21H33NO4/c1-3-4-8-15-21(2,26)16-14-18-11-10-12-19(23)22(18)17-9-6-5-7-13-20(24)25/h14,16,18,26H,3-5,7-8,10-13,15,17H2,1-2H3,(H,24,25)/b16-14+/t18-,21?/m1/s1. The molecule has 0 spiro atoms. The lowest BCUT2D eigenvalue weighted by molar-refractivity contribution is -0.137. The van der Waals surface area contributed by atoms with Crippen molar-refractivity contribution in [2.75, 3.05) is 6.54 Å². The van der Waals surface area contributed by atoms with E-state index in [1.54, 1.807) is 4.90 Å². The number of nitrogens with zero attached hydrogens (tertiary/aromatic N) is 1. The van der Waals surface area contributed by atoms with Gasteiger partial charge in [0.2, 0.25) is 5.91 Å². The topological polar surface area (TPSA) is 77.8 Å². The fourth-order valence-corrected chi connectivity index (χ4v) is 3.04. The van der Waals surface area contributed by atoms with Gasteiger partial charge in [-0.25, -0.2) is 0 Å². The number of likely N-dealkylation sites (tertiary alicyclic amines) is 1.